The second kappa shape index (κ2) is 3.94. The quantitative estimate of drug-likeness (QED) is 0.401. The minimum absolute atomic E-state index is 0.617. The Morgan fingerprint density at radius 3 is 2.75 bits per heavy atom. The summed E-state index contributed by atoms with van der Waals surface area (Å²) in [6, 6.07) is 1.83. The molecule has 0 atom stereocenters. The Labute approximate surface area is 48.9 Å². The number of rotatable bonds is 1. The zero-order valence-electron chi connectivity index (χ0n) is 4.76. The maximum absolute atomic E-state index is 7.99. The Kier molecular flexibility index (Phi) is 3.34. The van der Waals surface area contributed by atoms with Crippen molar-refractivity contribution in [2.75, 3.05) is 0 Å². The summed E-state index contributed by atoms with van der Waals surface area (Å²) in [6.45, 7) is 1.82. The molecule has 2 N–H and O–H groups in total. The van der Waals surface area contributed by atoms with E-state index < -0.39 is 0 Å². The molecule has 42 valence electrons. The molecule has 0 rings (SSSR count). The molecule has 0 amide bonds. The first-order valence-corrected chi connectivity index (χ1v) is 2.29. The lowest BCUT2D eigenvalue weighted by Crippen LogP contribution is -1.89. The topological polar surface area (TPSA) is 49.8 Å². The van der Waals surface area contributed by atoms with Crippen molar-refractivity contribution in [3.8, 4) is 6.07 Å². The largest absolute Gasteiger partial charge is 0.399 e. The highest BCUT2D eigenvalue weighted by atomic mass is 14.5. The SMILES string of the molecule is CC=C(N)C=CC#N. The molecule has 0 saturated carbocycles. The van der Waals surface area contributed by atoms with Crippen LogP contribution in [0.3, 0.4) is 0 Å². The van der Waals surface area contributed by atoms with Gasteiger partial charge in [-0.3, -0.25) is 0 Å². The van der Waals surface area contributed by atoms with Crippen molar-refractivity contribution in [2.45, 2.75) is 6.92 Å². The first-order valence-electron chi connectivity index (χ1n) is 2.29. The fraction of sp³-hybridized carbons (Fsp3) is 0.167. The highest BCUT2D eigenvalue weighted by Gasteiger charge is 1.72. The highest BCUT2D eigenvalue weighted by molar-refractivity contribution is 5.18. The molecule has 0 aromatic rings. The van der Waals surface area contributed by atoms with Crippen LogP contribution in [-0.2, 0) is 0 Å². The van der Waals surface area contributed by atoms with Gasteiger partial charge in [0.05, 0.1) is 6.07 Å². The minimum atomic E-state index is 0.617. The number of nitrogens with two attached hydrogens (primary N) is 1. The van der Waals surface area contributed by atoms with Gasteiger partial charge in [0.2, 0.25) is 0 Å². The second-order valence-electron chi connectivity index (χ2n) is 1.25. The predicted molar refractivity (Wildman–Crippen MR) is 32.7 cm³/mol. The van der Waals surface area contributed by atoms with Gasteiger partial charge >= 0.3 is 0 Å². The Hall–Kier alpha value is -1.23. The van der Waals surface area contributed by atoms with Crippen LogP contribution in [-0.4, -0.2) is 0 Å². The van der Waals surface area contributed by atoms with Gasteiger partial charge in [-0.25, -0.2) is 0 Å². The van der Waals surface area contributed by atoms with E-state index in [1.807, 2.05) is 13.0 Å². The fourth-order valence-electron chi connectivity index (χ4n) is 0.230. The molecule has 2 nitrogen and oxygen atoms in total. The Morgan fingerprint density at radius 1 is 1.75 bits per heavy atom. The summed E-state index contributed by atoms with van der Waals surface area (Å²) in [5.41, 5.74) is 5.90. The monoisotopic (exact) mass is 108 g/mol. The molecule has 2 heteroatoms. The van der Waals surface area contributed by atoms with Gasteiger partial charge in [-0.15, -0.1) is 0 Å². The summed E-state index contributed by atoms with van der Waals surface area (Å²) in [5.74, 6) is 0. The number of hydrogen-bond donors (Lipinski definition) is 1. The van der Waals surface area contributed by atoms with Crippen LogP contribution in [0.2, 0.25) is 0 Å². The van der Waals surface area contributed by atoms with Crippen molar-refractivity contribution >= 4 is 0 Å². The van der Waals surface area contributed by atoms with Gasteiger partial charge in [0.15, 0.2) is 0 Å². The first-order chi connectivity index (χ1) is 3.81. The molecule has 0 heterocycles. The van der Waals surface area contributed by atoms with Crippen LogP contribution >= 0.6 is 0 Å². The summed E-state index contributed by atoms with van der Waals surface area (Å²) in [6.07, 6.45) is 4.63. The summed E-state index contributed by atoms with van der Waals surface area (Å²) < 4.78 is 0. The predicted octanol–water partition coefficient (Wildman–Crippen LogP) is 0.929. The molecule has 0 aliphatic carbocycles. The molecule has 0 aromatic heterocycles. The van der Waals surface area contributed by atoms with Gasteiger partial charge in [-0.2, -0.15) is 5.26 Å². The van der Waals surface area contributed by atoms with Gasteiger partial charge in [-0.1, -0.05) is 6.08 Å². The van der Waals surface area contributed by atoms with E-state index in [9.17, 15) is 0 Å². The van der Waals surface area contributed by atoms with E-state index in [4.69, 9.17) is 11.0 Å². The molecule has 0 aromatic carbocycles. The van der Waals surface area contributed by atoms with Crippen molar-refractivity contribution in [3.63, 3.8) is 0 Å². The van der Waals surface area contributed by atoms with Crippen LogP contribution in [0.4, 0.5) is 0 Å². The molecule has 0 bridgehead atoms. The van der Waals surface area contributed by atoms with E-state index in [-0.39, 0.29) is 0 Å². The normalized spacial score (nSPS) is 11.8. The van der Waals surface area contributed by atoms with E-state index in [0.717, 1.165) is 0 Å². The zero-order chi connectivity index (χ0) is 6.41. The van der Waals surface area contributed by atoms with Gasteiger partial charge in [0.25, 0.3) is 0 Å². The lowest BCUT2D eigenvalue weighted by atomic mass is 10.4. The summed E-state index contributed by atoms with van der Waals surface area (Å²) in [7, 11) is 0. The molecule has 0 unspecified atom stereocenters. The van der Waals surface area contributed by atoms with Crippen molar-refractivity contribution < 1.29 is 0 Å². The zero-order valence-corrected chi connectivity index (χ0v) is 4.76. The van der Waals surface area contributed by atoms with Crippen LogP contribution in [0.25, 0.3) is 0 Å². The number of hydrogen-bond acceptors (Lipinski definition) is 2. The Balaban J connectivity index is 3.75. The van der Waals surface area contributed by atoms with Gasteiger partial charge in [-0.05, 0) is 13.0 Å². The van der Waals surface area contributed by atoms with E-state index in [2.05, 4.69) is 0 Å². The molecular formula is C6H8N2. The Morgan fingerprint density at radius 2 is 2.38 bits per heavy atom. The van der Waals surface area contributed by atoms with Gasteiger partial charge in [0.1, 0.15) is 0 Å². The third-order valence-electron chi connectivity index (χ3n) is 0.684. The number of allylic oxidation sites excluding steroid dienone is 3. The van der Waals surface area contributed by atoms with E-state index in [1.165, 1.54) is 6.08 Å². The van der Waals surface area contributed by atoms with Crippen molar-refractivity contribution in [1.82, 2.24) is 0 Å². The average molecular weight is 108 g/mol. The van der Waals surface area contributed by atoms with Gasteiger partial charge in [0, 0.05) is 11.8 Å². The minimum Gasteiger partial charge on any atom is -0.399 e. The summed E-state index contributed by atoms with van der Waals surface area (Å²) in [5, 5.41) is 7.99. The number of nitriles is 1. The highest BCUT2D eigenvalue weighted by Crippen LogP contribution is 1.82. The fourth-order valence-corrected chi connectivity index (χ4v) is 0.230. The lowest BCUT2D eigenvalue weighted by Gasteiger charge is -1.82. The third-order valence-corrected chi connectivity index (χ3v) is 0.684. The maximum Gasteiger partial charge on any atom is 0.0912 e. The first kappa shape index (κ1) is 6.77. The Bertz CT molecular complexity index is 148. The molecule has 0 spiro atoms. The van der Waals surface area contributed by atoms with Crippen molar-refractivity contribution in [3.05, 3.63) is 23.9 Å². The molecule has 0 aliphatic rings. The summed E-state index contributed by atoms with van der Waals surface area (Å²) >= 11 is 0. The van der Waals surface area contributed by atoms with Crippen molar-refractivity contribution in [1.29, 1.82) is 5.26 Å². The van der Waals surface area contributed by atoms with E-state index >= 15 is 0 Å². The van der Waals surface area contributed by atoms with Gasteiger partial charge < -0.3 is 5.73 Å². The smallest absolute Gasteiger partial charge is 0.0912 e. The van der Waals surface area contributed by atoms with E-state index in [1.54, 1.807) is 12.2 Å². The van der Waals surface area contributed by atoms with Crippen LogP contribution in [0.15, 0.2) is 23.9 Å². The molecular weight excluding hydrogens is 100 g/mol. The molecule has 0 saturated heterocycles. The lowest BCUT2D eigenvalue weighted by molar-refractivity contribution is 1.39. The molecule has 8 heavy (non-hydrogen) atoms. The van der Waals surface area contributed by atoms with E-state index in [0.29, 0.717) is 5.70 Å². The van der Waals surface area contributed by atoms with Crippen LogP contribution in [0.1, 0.15) is 6.92 Å². The van der Waals surface area contributed by atoms with Crippen LogP contribution < -0.4 is 5.73 Å². The second-order valence-corrected chi connectivity index (χ2v) is 1.25. The standard InChI is InChI=1S/C6H8N2/c1-2-6(8)4-3-5-7/h2-4H,8H2,1H3. The number of nitrogens with zero attached hydrogens (tertiary/aromatic N) is 1. The molecule has 0 radical (unpaired) electrons. The maximum atomic E-state index is 7.99. The van der Waals surface area contributed by atoms with Crippen LogP contribution in [0.5, 0.6) is 0 Å². The third kappa shape index (κ3) is 2.98. The average Bonchev–Trinajstić information content (AvgIpc) is 1.83. The molecule has 0 fully saturated rings. The van der Waals surface area contributed by atoms with Crippen molar-refractivity contribution in [2.24, 2.45) is 5.73 Å². The van der Waals surface area contributed by atoms with Crippen LogP contribution in [0, 0.1) is 11.3 Å². The molecule has 0 aliphatic heterocycles. The summed E-state index contributed by atoms with van der Waals surface area (Å²) in [4.78, 5) is 0.